The van der Waals surface area contributed by atoms with Crippen LogP contribution in [-0.4, -0.2) is 17.6 Å². The van der Waals surface area contributed by atoms with Gasteiger partial charge in [0, 0.05) is 22.4 Å². The molecule has 0 aliphatic heterocycles. The van der Waals surface area contributed by atoms with Gasteiger partial charge in [-0.3, -0.25) is 4.79 Å². The molecule has 21 heavy (non-hydrogen) atoms. The van der Waals surface area contributed by atoms with Gasteiger partial charge in [-0.15, -0.1) is 11.3 Å². The van der Waals surface area contributed by atoms with E-state index in [0.717, 1.165) is 10.4 Å². The first-order chi connectivity index (χ1) is 10.2. The molecule has 0 atom stereocenters. The summed E-state index contributed by atoms with van der Waals surface area (Å²) in [7, 11) is 0. The van der Waals surface area contributed by atoms with Crippen LogP contribution in [0.15, 0.2) is 35.7 Å². The standard InChI is InChI=1S/C16H14FNO2S/c17-14-6-4-13(5-7-14)16(20)18-11-15-12(8-10-21-15)3-1-2-9-19/h4-8,10,19H,2,9,11H2,(H,18,20). The fraction of sp³-hybridized carbons (Fsp3) is 0.188. The number of carbonyl (C=O) groups is 1. The second-order valence-electron chi connectivity index (χ2n) is 4.22. The van der Waals surface area contributed by atoms with E-state index in [1.54, 1.807) is 0 Å². The first-order valence-electron chi connectivity index (χ1n) is 6.40. The van der Waals surface area contributed by atoms with E-state index in [2.05, 4.69) is 17.2 Å². The third kappa shape index (κ3) is 4.42. The van der Waals surface area contributed by atoms with Gasteiger partial charge in [0.25, 0.3) is 5.91 Å². The van der Waals surface area contributed by atoms with E-state index in [9.17, 15) is 9.18 Å². The van der Waals surface area contributed by atoms with Crippen LogP contribution < -0.4 is 5.32 Å². The molecular weight excluding hydrogens is 289 g/mol. The highest BCUT2D eigenvalue weighted by Gasteiger charge is 2.07. The Hall–Kier alpha value is -2.16. The van der Waals surface area contributed by atoms with Gasteiger partial charge in [0.15, 0.2) is 0 Å². The van der Waals surface area contributed by atoms with Crippen LogP contribution in [0.1, 0.15) is 27.2 Å². The maximum Gasteiger partial charge on any atom is 0.251 e. The Morgan fingerprint density at radius 1 is 1.29 bits per heavy atom. The van der Waals surface area contributed by atoms with E-state index in [-0.39, 0.29) is 18.3 Å². The Morgan fingerprint density at radius 3 is 2.76 bits per heavy atom. The number of halogens is 1. The predicted molar refractivity (Wildman–Crippen MR) is 80.5 cm³/mol. The highest BCUT2D eigenvalue weighted by molar-refractivity contribution is 7.10. The van der Waals surface area contributed by atoms with Crippen molar-refractivity contribution in [2.45, 2.75) is 13.0 Å². The molecule has 0 unspecified atom stereocenters. The van der Waals surface area contributed by atoms with Gasteiger partial charge in [-0.1, -0.05) is 11.8 Å². The maximum atomic E-state index is 12.8. The van der Waals surface area contributed by atoms with E-state index < -0.39 is 0 Å². The lowest BCUT2D eigenvalue weighted by molar-refractivity contribution is 0.0951. The Morgan fingerprint density at radius 2 is 2.05 bits per heavy atom. The van der Waals surface area contributed by atoms with Gasteiger partial charge in [0.2, 0.25) is 0 Å². The quantitative estimate of drug-likeness (QED) is 0.853. The maximum absolute atomic E-state index is 12.8. The SMILES string of the molecule is O=C(NCc1sccc1C#CCCO)c1ccc(F)cc1. The van der Waals surface area contributed by atoms with Gasteiger partial charge in [-0.25, -0.2) is 4.39 Å². The van der Waals surface area contributed by atoms with Crippen molar-refractivity contribution in [1.82, 2.24) is 5.32 Å². The number of aliphatic hydroxyl groups is 1. The van der Waals surface area contributed by atoms with Gasteiger partial charge >= 0.3 is 0 Å². The van der Waals surface area contributed by atoms with E-state index in [0.29, 0.717) is 18.5 Å². The molecule has 0 aliphatic rings. The molecule has 0 saturated carbocycles. The topological polar surface area (TPSA) is 49.3 Å². The van der Waals surface area contributed by atoms with Crippen LogP contribution in [0.2, 0.25) is 0 Å². The van der Waals surface area contributed by atoms with Crippen LogP contribution in [0.4, 0.5) is 4.39 Å². The molecule has 1 amide bonds. The summed E-state index contributed by atoms with van der Waals surface area (Å²) in [4.78, 5) is 12.9. The molecule has 0 bridgehead atoms. The second-order valence-corrected chi connectivity index (χ2v) is 5.22. The van der Waals surface area contributed by atoms with Gasteiger partial charge in [-0.05, 0) is 35.7 Å². The lowest BCUT2D eigenvalue weighted by Crippen LogP contribution is -2.22. The Labute approximate surface area is 126 Å². The smallest absolute Gasteiger partial charge is 0.251 e. The molecule has 5 heteroatoms. The van der Waals surface area contributed by atoms with E-state index >= 15 is 0 Å². The van der Waals surface area contributed by atoms with E-state index in [1.807, 2.05) is 11.4 Å². The number of aliphatic hydroxyl groups excluding tert-OH is 1. The molecular formula is C16H14FNO2S. The molecule has 1 aromatic carbocycles. The van der Waals surface area contributed by atoms with Gasteiger partial charge in [0.05, 0.1) is 13.2 Å². The van der Waals surface area contributed by atoms with Crippen molar-refractivity contribution in [2.24, 2.45) is 0 Å². The van der Waals surface area contributed by atoms with Crippen molar-refractivity contribution in [2.75, 3.05) is 6.61 Å². The summed E-state index contributed by atoms with van der Waals surface area (Å²) in [6, 6.07) is 7.29. The molecule has 108 valence electrons. The summed E-state index contributed by atoms with van der Waals surface area (Å²) in [5, 5.41) is 13.4. The summed E-state index contributed by atoms with van der Waals surface area (Å²) in [6.07, 6.45) is 0.428. The number of benzene rings is 1. The largest absolute Gasteiger partial charge is 0.395 e. The van der Waals surface area contributed by atoms with Crippen LogP contribution in [0, 0.1) is 17.7 Å². The molecule has 0 spiro atoms. The van der Waals surface area contributed by atoms with Crippen LogP contribution in [-0.2, 0) is 6.54 Å². The van der Waals surface area contributed by atoms with Crippen LogP contribution in [0.25, 0.3) is 0 Å². The summed E-state index contributed by atoms with van der Waals surface area (Å²) in [5.74, 6) is 5.20. The molecule has 0 saturated heterocycles. The molecule has 2 N–H and O–H groups in total. The monoisotopic (exact) mass is 303 g/mol. The average Bonchev–Trinajstić information content (AvgIpc) is 2.93. The fourth-order valence-corrected chi connectivity index (χ4v) is 2.44. The van der Waals surface area contributed by atoms with Crippen LogP contribution in [0.5, 0.6) is 0 Å². The number of thiophene rings is 1. The zero-order valence-electron chi connectivity index (χ0n) is 11.2. The molecule has 2 aromatic rings. The second kappa shape index (κ2) is 7.58. The number of hydrogen-bond donors (Lipinski definition) is 2. The Bertz CT molecular complexity index is 668. The number of carbonyl (C=O) groups excluding carboxylic acids is 1. The summed E-state index contributed by atoms with van der Waals surface area (Å²) in [6.45, 7) is 0.408. The minimum atomic E-state index is -0.369. The number of amides is 1. The summed E-state index contributed by atoms with van der Waals surface area (Å²) < 4.78 is 12.8. The molecule has 0 radical (unpaired) electrons. The third-order valence-corrected chi connectivity index (χ3v) is 3.64. The van der Waals surface area contributed by atoms with E-state index in [4.69, 9.17) is 5.11 Å². The van der Waals surface area contributed by atoms with Crippen molar-refractivity contribution >= 4 is 17.2 Å². The van der Waals surface area contributed by atoms with Gasteiger partial charge in [-0.2, -0.15) is 0 Å². The van der Waals surface area contributed by atoms with Crippen molar-refractivity contribution in [3.8, 4) is 11.8 Å². The lowest BCUT2D eigenvalue weighted by atomic mass is 10.2. The first-order valence-corrected chi connectivity index (χ1v) is 7.28. The Kier molecular flexibility index (Phi) is 5.50. The van der Waals surface area contributed by atoms with Gasteiger partial charge in [0.1, 0.15) is 5.82 Å². The number of rotatable bonds is 4. The first kappa shape index (κ1) is 15.2. The third-order valence-electron chi connectivity index (χ3n) is 2.72. The summed E-state index contributed by atoms with van der Waals surface area (Å²) in [5.41, 5.74) is 1.27. The van der Waals surface area contributed by atoms with Gasteiger partial charge < -0.3 is 10.4 Å². The van der Waals surface area contributed by atoms with Crippen molar-refractivity contribution in [1.29, 1.82) is 0 Å². The summed E-state index contributed by atoms with van der Waals surface area (Å²) >= 11 is 1.51. The molecule has 3 nitrogen and oxygen atoms in total. The molecule has 0 aliphatic carbocycles. The predicted octanol–water partition coefficient (Wildman–Crippen LogP) is 2.55. The van der Waals surface area contributed by atoms with Crippen molar-refractivity contribution in [3.05, 3.63) is 57.5 Å². The average molecular weight is 303 g/mol. The van der Waals surface area contributed by atoms with Crippen LogP contribution >= 0.6 is 11.3 Å². The fourth-order valence-electron chi connectivity index (χ4n) is 1.67. The highest BCUT2D eigenvalue weighted by atomic mass is 32.1. The Balaban J connectivity index is 1.97. The number of hydrogen-bond acceptors (Lipinski definition) is 3. The zero-order chi connectivity index (χ0) is 15.1. The lowest BCUT2D eigenvalue weighted by Gasteiger charge is -2.04. The van der Waals surface area contributed by atoms with Crippen molar-refractivity contribution in [3.63, 3.8) is 0 Å². The molecule has 2 rings (SSSR count). The zero-order valence-corrected chi connectivity index (χ0v) is 12.0. The normalized spacial score (nSPS) is 9.81. The molecule has 1 heterocycles. The van der Waals surface area contributed by atoms with E-state index in [1.165, 1.54) is 35.6 Å². The van der Waals surface area contributed by atoms with Crippen LogP contribution in [0.3, 0.4) is 0 Å². The number of nitrogens with one attached hydrogen (secondary N) is 1. The minimum absolute atomic E-state index is 0.0355. The molecule has 1 aromatic heterocycles. The highest BCUT2D eigenvalue weighted by Crippen LogP contribution is 2.15. The van der Waals surface area contributed by atoms with Crippen molar-refractivity contribution < 1.29 is 14.3 Å². The molecule has 0 fully saturated rings. The minimum Gasteiger partial charge on any atom is -0.395 e.